The van der Waals surface area contributed by atoms with Gasteiger partial charge in [-0.1, -0.05) is 18.2 Å². The van der Waals surface area contributed by atoms with Crippen molar-refractivity contribution in [1.29, 1.82) is 0 Å². The molecule has 0 aliphatic carbocycles. The molecule has 0 aliphatic heterocycles. The fourth-order valence-corrected chi connectivity index (χ4v) is 4.32. The first-order valence-electron chi connectivity index (χ1n) is 9.53. The van der Waals surface area contributed by atoms with E-state index in [1.807, 2.05) is 13.0 Å². The number of hydrogen-bond donors (Lipinski definition) is 3. The standard InChI is InChI=1S/C23H23N3O4S/c1-15-5-4-6-21(13-15)26-31(29,30)22-14-20(10-7-16(22)2)25-23(28)18-8-11-19(12-9-18)24-17(3)27/h4-14,26H,1-3H3,(H,24,27)(H,25,28). The monoisotopic (exact) mass is 437 g/mol. The van der Waals surface area contributed by atoms with Gasteiger partial charge in [0.15, 0.2) is 0 Å². The molecule has 0 spiro atoms. The molecule has 3 N–H and O–H groups in total. The number of carbonyl (C=O) groups is 2. The highest BCUT2D eigenvalue weighted by atomic mass is 32.2. The zero-order valence-electron chi connectivity index (χ0n) is 17.4. The van der Waals surface area contributed by atoms with Crippen LogP contribution in [0.15, 0.2) is 71.6 Å². The van der Waals surface area contributed by atoms with Gasteiger partial charge in [0.1, 0.15) is 0 Å². The number of nitrogens with one attached hydrogen (secondary N) is 3. The van der Waals surface area contributed by atoms with E-state index >= 15 is 0 Å². The Morgan fingerprint density at radius 3 is 2.10 bits per heavy atom. The van der Waals surface area contributed by atoms with Crippen molar-refractivity contribution in [3.05, 3.63) is 83.4 Å². The highest BCUT2D eigenvalue weighted by molar-refractivity contribution is 7.92. The van der Waals surface area contributed by atoms with Crippen LogP contribution in [0.3, 0.4) is 0 Å². The molecule has 0 aromatic heterocycles. The Morgan fingerprint density at radius 2 is 1.45 bits per heavy atom. The lowest BCUT2D eigenvalue weighted by molar-refractivity contribution is -0.114. The van der Waals surface area contributed by atoms with Crippen molar-refractivity contribution < 1.29 is 18.0 Å². The van der Waals surface area contributed by atoms with Crippen molar-refractivity contribution in [1.82, 2.24) is 0 Å². The van der Waals surface area contributed by atoms with Crippen LogP contribution in [0.25, 0.3) is 0 Å². The molecular weight excluding hydrogens is 414 g/mol. The minimum atomic E-state index is -3.84. The summed E-state index contributed by atoms with van der Waals surface area (Å²) in [5.74, 6) is -0.599. The summed E-state index contributed by atoms with van der Waals surface area (Å²) in [6, 6.07) is 18.2. The van der Waals surface area contributed by atoms with Crippen LogP contribution in [0.5, 0.6) is 0 Å². The fourth-order valence-electron chi connectivity index (χ4n) is 3.00. The summed E-state index contributed by atoms with van der Waals surface area (Å²) in [5, 5.41) is 5.34. The maximum absolute atomic E-state index is 12.9. The molecule has 0 heterocycles. The molecule has 0 fully saturated rings. The highest BCUT2D eigenvalue weighted by Gasteiger charge is 2.18. The van der Waals surface area contributed by atoms with Gasteiger partial charge in [-0.25, -0.2) is 8.42 Å². The molecule has 31 heavy (non-hydrogen) atoms. The molecular formula is C23H23N3O4S. The molecule has 160 valence electrons. The molecule has 0 bridgehead atoms. The van der Waals surface area contributed by atoms with Gasteiger partial charge in [-0.15, -0.1) is 0 Å². The Hall–Kier alpha value is -3.65. The van der Waals surface area contributed by atoms with Crippen LogP contribution in [0.1, 0.15) is 28.4 Å². The maximum atomic E-state index is 12.9. The van der Waals surface area contributed by atoms with Gasteiger partial charge in [-0.2, -0.15) is 0 Å². The molecule has 0 saturated carbocycles. The number of sulfonamides is 1. The summed E-state index contributed by atoms with van der Waals surface area (Å²) in [5.41, 5.74) is 3.26. The fraction of sp³-hybridized carbons (Fsp3) is 0.130. The van der Waals surface area contributed by atoms with Gasteiger partial charge in [0.2, 0.25) is 5.91 Å². The Kier molecular flexibility index (Phi) is 6.41. The Morgan fingerprint density at radius 1 is 0.774 bits per heavy atom. The predicted octanol–water partition coefficient (Wildman–Crippen LogP) is 4.31. The third kappa shape index (κ3) is 5.70. The Balaban J connectivity index is 1.80. The van der Waals surface area contributed by atoms with Crippen molar-refractivity contribution in [2.75, 3.05) is 15.4 Å². The average Bonchev–Trinajstić information content (AvgIpc) is 2.69. The lowest BCUT2D eigenvalue weighted by atomic mass is 10.1. The van der Waals surface area contributed by atoms with Gasteiger partial charge in [0.25, 0.3) is 15.9 Å². The van der Waals surface area contributed by atoms with E-state index in [1.54, 1.807) is 61.5 Å². The Labute approximate surface area is 181 Å². The average molecular weight is 438 g/mol. The lowest BCUT2D eigenvalue weighted by Crippen LogP contribution is -2.16. The second-order valence-electron chi connectivity index (χ2n) is 7.17. The maximum Gasteiger partial charge on any atom is 0.262 e. The predicted molar refractivity (Wildman–Crippen MR) is 122 cm³/mol. The summed E-state index contributed by atoms with van der Waals surface area (Å²) in [4.78, 5) is 23.7. The van der Waals surface area contributed by atoms with Gasteiger partial charge in [-0.05, 0) is 73.5 Å². The summed E-state index contributed by atoms with van der Waals surface area (Å²) in [7, 11) is -3.84. The molecule has 8 heteroatoms. The van der Waals surface area contributed by atoms with Crippen molar-refractivity contribution in [3.8, 4) is 0 Å². The van der Waals surface area contributed by atoms with Gasteiger partial charge < -0.3 is 10.6 Å². The normalized spacial score (nSPS) is 10.9. The van der Waals surface area contributed by atoms with Gasteiger partial charge in [0.05, 0.1) is 4.90 Å². The molecule has 3 aromatic rings. The number of carbonyl (C=O) groups excluding carboxylic acids is 2. The van der Waals surface area contributed by atoms with Crippen LogP contribution in [0.4, 0.5) is 17.1 Å². The lowest BCUT2D eigenvalue weighted by Gasteiger charge is -2.13. The summed E-state index contributed by atoms with van der Waals surface area (Å²) in [6.45, 7) is 4.97. The van der Waals surface area contributed by atoms with Crippen molar-refractivity contribution in [2.24, 2.45) is 0 Å². The van der Waals surface area contributed by atoms with Crippen LogP contribution in [0.2, 0.25) is 0 Å². The third-order valence-corrected chi connectivity index (χ3v) is 6.00. The zero-order valence-corrected chi connectivity index (χ0v) is 18.2. The van der Waals surface area contributed by atoms with Crippen LogP contribution in [0, 0.1) is 13.8 Å². The number of amides is 2. The number of hydrogen-bond acceptors (Lipinski definition) is 4. The molecule has 0 aliphatic rings. The van der Waals surface area contributed by atoms with Gasteiger partial charge >= 0.3 is 0 Å². The first-order chi connectivity index (χ1) is 14.6. The van der Waals surface area contributed by atoms with E-state index < -0.39 is 15.9 Å². The SMILES string of the molecule is CC(=O)Nc1ccc(C(=O)Nc2ccc(C)c(S(=O)(=O)Nc3cccc(C)c3)c2)cc1. The van der Waals surface area contributed by atoms with E-state index in [0.717, 1.165) is 5.56 Å². The number of benzene rings is 3. The molecule has 0 atom stereocenters. The minimum Gasteiger partial charge on any atom is -0.326 e. The van der Waals surface area contributed by atoms with Crippen LogP contribution >= 0.6 is 0 Å². The molecule has 0 unspecified atom stereocenters. The summed E-state index contributed by atoms with van der Waals surface area (Å²) < 4.78 is 28.4. The van der Waals surface area contributed by atoms with E-state index in [2.05, 4.69) is 15.4 Å². The largest absolute Gasteiger partial charge is 0.326 e. The number of anilines is 3. The quantitative estimate of drug-likeness (QED) is 0.534. The minimum absolute atomic E-state index is 0.0767. The van der Waals surface area contributed by atoms with E-state index in [1.165, 1.54) is 13.0 Å². The van der Waals surface area contributed by atoms with E-state index in [-0.39, 0.29) is 10.8 Å². The van der Waals surface area contributed by atoms with E-state index in [0.29, 0.717) is 28.2 Å². The molecule has 0 saturated heterocycles. The highest BCUT2D eigenvalue weighted by Crippen LogP contribution is 2.24. The number of rotatable bonds is 6. The first-order valence-corrected chi connectivity index (χ1v) is 11.0. The number of aryl methyl sites for hydroxylation is 2. The third-order valence-electron chi connectivity index (χ3n) is 4.47. The van der Waals surface area contributed by atoms with Crippen LogP contribution in [-0.2, 0) is 14.8 Å². The topological polar surface area (TPSA) is 104 Å². The van der Waals surface area contributed by atoms with Gasteiger partial charge in [-0.3, -0.25) is 14.3 Å². The van der Waals surface area contributed by atoms with Crippen molar-refractivity contribution in [3.63, 3.8) is 0 Å². The smallest absolute Gasteiger partial charge is 0.262 e. The van der Waals surface area contributed by atoms with Gasteiger partial charge in [0, 0.05) is 29.5 Å². The second-order valence-corrected chi connectivity index (χ2v) is 8.82. The van der Waals surface area contributed by atoms with Crippen molar-refractivity contribution >= 4 is 38.9 Å². The molecule has 0 radical (unpaired) electrons. The van der Waals surface area contributed by atoms with Crippen LogP contribution < -0.4 is 15.4 Å². The molecule has 3 aromatic carbocycles. The first kappa shape index (κ1) is 22.0. The molecule has 7 nitrogen and oxygen atoms in total. The van der Waals surface area contributed by atoms with E-state index in [4.69, 9.17) is 0 Å². The summed E-state index contributed by atoms with van der Waals surface area (Å²) in [6.07, 6.45) is 0. The Bertz CT molecular complexity index is 1240. The molecule has 2 amide bonds. The molecule has 3 rings (SSSR count). The van der Waals surface area contributed by atoms with E-state index in [9.17, 15) is 18.0 Å². The zero-order chi connectivity index (χ0) is 22.6. The second kappa shape index (κ2) is 9.01. The van der Waals surface area contributed by atoms with Crippen molar-refractivity contribution in [2.45, 2.75) is 25.7 Å². The van der Waals surface area contributed by atoms with Crippen LogP contribution in [-0.4, -0.2) is 20.2 Å². The summed E-state index contributed by atoms with van der Waals surface area (Å²) >= 11 is 0.